The molecule has 1 unspecified atom stereocenters. The first kappa shape index (κ1) is 16.4. The smallest absolute Gasteiger partial charge is 0.333 e. The molecular weight excluding hydrogens is 296 g/mol. The average Bonchev–Trinajstić information content (AvgIpc) is 2.95. The van der Waals surface area contributed by atoms with Crippen LogP contribution in [0.25, 0.3) is 0 Å². The molecule has 1 atom stereocenters. The fraction of sp³-hybridized carbons (Fsp3) is 0.643. The third-order valence-electron chi connectivity index (χ3n) is 4.33. The van der Waals surface area contributed by atoms with Crippen molar-refractivity contribution in [2.45, 2.75) is 40.2 Å². The minimum absolute atomic E-state index is 0.0416. The van der Waals surface area contributed by atoms with Gasteiger partial charge in [-0.3, -0.25) is 9.59 Å². The molecule has 122 valence electrons. The van der Waals surface area contributed by atoms with Crippen molar-refractivity contribution >= 4 is 11.9 Å². The molecule has 8 heteroatoms. The molecule has 1 aliphatic rings. The number of carboxylic acid groups (broad SMARTS) is 1. The molecule has 0 aromatic carbocycles. The number of carboxylic acids is 1. The highest BCUT2D eigenvalue weighted by atomic mass is 19.3. The number of carbonyl (C=O) groups is 2. The summed E-state index contributed by atoms with van der Waals surface area (Å²) in [7, 11) is 0. The minimum atomic E-state index is -2.75. The van der Waals surface area contributed by atoms with Crippen LogP contribution in [0.4, 0.5) is 8.78 Å². The number of amides is 1. The molecule has 2 heterocycles. The molecule has 1 N–H and O–H groups in total. The van der Waals surface area contributed by atoms with E-state index in [0.29, 0.717) is 28.9 Å². The monoisotopic (exact) mass is 315 g/mol. The zero-order chi connectivity index (χ0) is 16.7. The summed E-state index contributed by atoms with van der Waals surface area (Å²) in [5.74, 6) is -1.19. The Bertz CT molecular complexity index is 615. The molecule has 1 aromatic heterocycles. The first-order valence-electron chi connectivity index (χ1n) is 6.99. The van der Waals surface area contributed by atoms with Gasteiger partial charge in [-0.2, -0.15) is 13.9 Å². The topological polar surface area (TPSA) is 75.4 Å². The van der Waals surface area contributed by atoms with Gasteiger partial charge in [0.2, 0.25) is 5.91 Å². The molecule has 6 nitrogen and oxygen atoms in total. The second-order valence-corrected chi connectivity index (χ2v) is 5.98. The summed E-state index contributed by atoms with van der Waals surface area (Å²) in [6, 6.07) is 0. The Kier molecular flexibility index (Phi) is 4.21. The van der Waals surface area contributed by atoms with E-state index in [4.69, 9.17) is 0 Å². The molecular formula is C14H19F2N3O3. The number of hydrogen-bond acceptors (Lipinski definition) is 3. The van der Waals surface area contributed by atoms with Gasteiger partial charge < -0.3 is 10.0 Å². The molecule has 0 saturated carbocycles. The van der Waals surface area contributed by atoms with Crippen LogP contribution >= 0.6 is 0 Å². The number of hydrogen-bond donors (Lipinski definition) is 1. The number of rotatable bonds is 4. The summed E-state index contributed by atoms with van der Waals surface area (Å²) in [5, 5.41) is 12.9. The van der Waals surface area contributed by atoms with E-state index in [1.54, 1.807) is 13.8 Å². The lowest BCUT2D eigenvalue weighted by Crippen LogP contribution is -2.35. The van der Waals surface area contributed by atoms with Gasteiger partial charge in [0.05, 0.1) is 17.5 Å². The third kappa shape index (κ3) is 2.82. The zero-order valence-electron chi connectivity index (χ0n) is 12.8. The molecule has 1 aromatic rings. The molecule has 0 bridgehead atoms. The summed E-state index contributed by atoms with van der Waals surface area (Å²) < 4.78 is 26.2. The van der Waals surface area contributed by atoms with E-state index in [1.807, 2.05) is 0 Å². The van der Waals surface area contributed by atoms with Crippen molar-refractivity contribution < 1.29 is 23.5 Å². The van der Waals surface area contributed by atoms with Crippen LogP contribution in [0.2, 0.25) is 0 Å². The van der Waals surface area contributed by atoms with Crippen LogP contribution in [0, 0.1) is 19.3 Å². The van der Waals surface area contributed by atoms with Gasteiger partial charge in [0, 0.05) is 24.3 Å². The average molecular weight is 315 g/mol. The Hall–Kier alpha value is -1.99. The standard InChI is InChI=1S/C14H19F2N3O3/c1-8-10(9(2)19(17-8)13(15)16)6-11(20)18-5-4-14(3,7-18)12(21)22/h13H,4-7H2,1-3H3,(H,21,22). The van der Waals surface area contributed by atoms with Gasteiger partial charge in [0.1, 0.15) is 0 Å². The Morgan fingerprint density at radius 1 is 1.41 bits per heavy atom. The fourth-order valence-electron chi connectivity index (χ4n) is 2.75. The molecule has 2 rings (SSSR count). The van der Waals surface area contributed by atoms with Crippen molar-refractivity contribution in [1.82, 2.24) is 14.7 Å². The van der Waals surface area contributed by atoms with Crippen LogP contribution in [0.3, 0.4) is 0 Å². The second kappa shape index (κ2) is 5.66. The van der Waals surface area contributed by atoms with Crippen molar-refractivity contribution in [1.29, 1.82) is 0 Å². The van der Waals surface area contributed by atoms with E-state index in [-0.39, 0.29) is 24.6 Å². The quantitative estimate of drug-likeness (QED) is 0.918. The molecule has 1 aliphatic heterocycles. The molecule has 0 aliphatic carbocycles. The lowest BCUT2D eigenvalue weighted by Gasteiger charge is -2.20. The predicted molar refractivity (Wildman–Crippen MR) is 73.6 cm³/mol. The molecule has 1 amide bonds. The number of likely N-dealkylation sites (tertiary alicyclic amines) is 1. The maximum Gasteiger partial charge on any atom is 0.333 e. The highest BCUT2D eigenvalue weighted by Gasteiger charge is 2.42. The van der Waals surface area contributed by atoms with E-state index >= 15 is 0 Å². The van der Waals surface area contributed by atoms with Gasteiger partial charge in [0.25, 0.3) is 0 Å². The van der Waals surface area contributed by atoms with Gasteiger partial charge in [-0.25, -0.2) is 4.68 Å². The predicted octanol–water partition coefficient (Wildman–Crippen LogP) is 1.76. The van der Waals surface area contributed by atoms with Crippen LogP contribution in [0.15, 0.2) is 0 Å². The maximum atomic E-state index is 12.8. The van der Waals surface area contributed by atoms with Gasteiger partial charge in [-0.1, -0.05) is 0 Å². The van der Waals surface area contributed by atoms with E-state index in [9.17, 15) is 23.5 Å². The highest BCUT2D eigenvalue weighted by Crippen LogP contribution is 2.31. The Balaban J connectivity index is 2.13. The van der Waals surface area contributed by atoms with Crippen LogP contribution in [0.1, 0.15) is 36.8 Å². The van der Waals surface area contributed by atoms with Crippen LogP contribution in [-0.2, 0) is 16.0 Å². The van der Waals surface area contributed by atoms with Gasteiger partial charge in [-0.15, -0.1) is 0 Å². The van der Waals surface area contributed by atoms with E-state index in [1.165, 1.54) is 11.8 Å². The molecule has 1 saturated heterocycles. The number of alkyl halides is 2. The second-order valence-electron chi connectivity index (χ2n) is 5.98. The van der Waals surface area contributed by atoms with Gasteiger partial charge in [0.15, 0.2) is 0 Å². The molecule has 22 heavy (non-hydrogen) atoms. The van der Waals surface area contributed by atoms with Crippen molar-refractivity contribution in [3.05, 3.63) is 17.0 Å². The van der Waals surface area contributed by atoms with Gasteiger partial charge in [-0.05, 0) is 27.2 Å². The largest absolute Gasteiger partial charge is 0.481 e. The van der Waals surface area contributed by atoms with Crippen LogP contribution < -0.4 is 0 Å². The van der Waals surface area contributed by atoms with E-state index in [0.717, 1.165) is 0 Å². The summed E-state index contributed by atoms with van der Waals surface area (Å²) in [6.07, 6.45) is 0.350. The highest BCUT2D eigenvalue weighted by molar-refractivity contribution is 5.82. The van der Waals surface area contributed by atoms with Crippen molar-refractivity contribution in [3.8, 4) is 0 Å². The molecule has 0 spiro atoms. The zero-order valence-corrected chi connectivity index (χ0v) is 12.8. The summed E-state index contributed by atoms with van der Waals surface area (Å²) in [4.78, 5) is 25.0. The fourth-order valence-corrected chi connectivity index (χ4v) is 2.75. The minimum Gasteiger partial charge on any atom is -0.481 e. The molecule has 1 fully saturated rings. The number of carbonyl (C=O) groups excluding carboxylic acids is 1. The van der Waals surface area contributed by atoms with Crippen LogP contribution in [-0.4, -0.2) is 44.8 Å². The maximum absolute atomic E-state index is 12.8. The van der Waals surface area contributed by atoms with Crippen molar-refractivity contribution in [3.63, 3.8) is 0 Å². The lowest BCUT2D eigenvalue weighted by molar-refractivity contribution is -0.147. The molecule has 0 radical (unpaired) electrons. The number of aromatic nitrogens is 2. The van der Waals surface area contributed by atoms with Gasteiger partial charge >= 0.3 is 12.5 Å². The Morgan fingerprint density at radius 3 is 2.50 bits per heavy atom. The Morgan fingerprint density at radius 2 is 2.05 bits per heavy atom. The van der Waals surface area contributed by atoms with Crippen molar-refractivity contribution in [2.24, 2.45) is 5.41 Å². The normalized spacial score (nSPS) is 21.6. The summed E-state index contributed by atoms with van der Waals surface area (Å²) in [6.45, 7) is 2.45. The number of aliphatic carboxylic acids is 1. The first-order valence-corrected chi connectivity index (χ1v) is 6.99. The lowest BCUT2D eigenvalue weighted by atomic mass is 9.90. The van der Waals surface area contributed by atoms with E-state index in [2.05, 4.69) is 5.10 Å². The number of nitrogens with zero attached hydrogens (tertiary/aromatic N) is 3. The Labute approximate surface area is 126 Å². The number of aryl methyl sites for hydroxylation is 1. The third-order valence-corrected chi connectivity index (χ3v) is 4.33. The summed E-state index contributed by atoms with van der Waals surface area (Å²) in [5.41, 5.74) is 0.203. The number of halogens is 2. The summed E-state index contributed by atoms with van der Waals surface area (Å²) >= 11 is 0. The SMILES string of the molecule is Cc1nn(C(F)F)c(C)c1CC(=O)N1CCC(C)(C(=O)O)C1. The van der Waals surface area contributed by atoms with E-state index < -0.39 is 17.9 Å². The first-order chi connectivity index (χ1) is 10.2. The van der Waals surface area contributed by atoms with Crippen LogP contribution in [0.5, 0.6) is 0 Å². The van der Waals surface area contributed by atoms with Crippen molar-refractivity contribution in [2.75, 3.05) is 13.1 Å².